The minimum Gasteiger partial charge on any atom is -0.435 e. The Morgan fingerprint density at radius 1 is 1.21 bits per heavy atom. The average Bonchev–Trinajstić information content (AvgIpc) is 3.64. The Morgan fingerprint density at radius 2 is 1.94 bits per heavy atom. The van der Waals surface area contributed by atoms with Crippen LogP contribution in [-0.4, -0.2) is 36.7 Å². The highest BCUT2D eigenvalue weighted by Crippen LogP contribution is 2.47. The van der Waals surface area contributed by atoms with Gasteiger partial charge >= 0.3 is 0 Å². The number of anilines is 1. The molecule has 3 aromatic rings. The molecular weight excluding hydrogens is 464 g/mol. The van der Waals surface area contributed by atoms with Crippen LogP contribution in [0.25, 0.3) is 11.3 Å². The number of ether oxygens (including phenoxy) is 1. The number of alkyl halides is 2. The number of halogens is 2. The van der Waals surface area contributed by atoms with Gasteiger partial charge in [0.25, 0.3) is 6.43 Å². The molecule has 0 amide bonds. The smallest absolute Gasteiger partial charge is 0.280 e. The first-order valence-electron chi connectivity index (χ1n) is 10.4. The van der Waals surface area contributed by atoms with Crippen LogP contribution >= 0.6 is 0 Å². The normalized spacial score (nSPS) is 13.6. The largest absolute Gasteiger partial charge is 0.435 e. The van der Waals surface area contributed by atoms with E-state index in [1.807, 2.05) is 6.07 Å². The number of pyridine rings is 3. The monoisotopic (exact) mass is 485 g/mol. The van der Waals surface area contributed by atoms with Crippen LogP contribution in [0.4, 0.5) is 14.5 Å². The SMILES string of the molecule is Cc1cc(C(F)F)nc(C2CC2)c1Oc1nc(-c2cncc(C#N)c2)ccc1N(C)S(C)(=O)=O. The van der Waals surface area contributed by atoms with Gasteiger partial charge in [0.2, 0.25) is 15.9 Å². The lowest BCUT2D eigenvalue weighted by Gasteiger charge is -2.21. The molecule has 3 heterocycles. The van der Waals surface area contributed by atoms with Crippen LogP contribution in [0.15, 0.2) is 36.7 Å². The van der Waals surface area contributed by atoms with E-state index in [0.717, 1.165) is 23.4 Å². The summed E-state index contributed by atoms with van der Waals surface area (Å²) in [5.74, 6) is 0.233. The molecule has 0 spiro atoms. The summed E-state index contributed by atoms with van der Waals surface area (Å²) in [4.78, 5) is 12.7. The maximum absolute atomic E-state index is 13.4. The van der Waals surface area contributed by atoms with E-state index in [-0.39, 0.29) is 28.9 Å². The molecule has 0 N–H and O–H groups in total. The standard InChI is InChI=1S/C23H21F2N5O3S/c1-13-8-18(22(24)25)28-20(15-4-5-15)21(13)33-23-19(30(2)34(3,31)32)7-6-17(29-23)16-9-14(10-26)11-27-12-16/h6-9,11-12,15,22H,4-5H2,1-3H3. The Balaban J connectivity index is 1.86. The second-order valence-corrected chi connectivity index (χ2v) is 10.1. The molecule has 0 aliphatic heterocycles. The first kappa shape index (κ1) is 23.5. The second kappa shape index (κ2) is 8.95. The van der Waals surface area contributed by atoms with Gasteiger partial charge < -0.3 is 4.74 Å². The Morgan fingerprint density at radius 3 is 2.56 bits per heavy atom. The zero-order valence-corrected chi connectivity index (χ0v) is 19.5. The van der Waals surface area contributed by atoms with Gasteiger partial charge in [-0.15, -0.1) is 0 Å². The summed E-state index contributed by atoms with van der Waals surface area (Å²) in [5, 5.41) is 9.18. The van der Waals surface area contributed by atoms with Crippen molar-refractivity contribution in [3.8, 4) is 29.0 Å². The molecule has 0 radical (unpaired) electrons. The number of sulfonamides is 1. The molecule has 8 nitrogen and oxygen atoms in total. The molecule has 1 aliphatic rings. The van der Waals surface area contributed by atoms with Gasteiger partial charge in [0.1, 0.15) is 17.5 Å². The summed E-state index contributed by atoms with van der Waals surface area (Å²) in [6.45, 7) is 1.64. The fourth-order valence-corrected chi connectivity index (χ4v) is 3.91. The van der Waals surface area contributed by atoms with E-state index in [9.17, 15) is 22.5 Å². The van der Waals surface area contributed by atoms with Gasteiger partial charge in [0.15, 0.2) is 5.75 Å². The van der Waals surface area contributed by atoms with E-state index in [1.165, 1.54) is 31.6 Å². The molecule has 3 aromatic heterocycles. The van der Waals surface area contributed by atoms with E-state index in [0.29, 0.717) is 28.1 Å². The average molecular weight is 486 g/mol. The maximum atomic E-state index is 13.4. The van der Waals surface area contributed by atoms with Crippen LogP contribution in [0.2, 0.25) is 0 Å². The molecule has 11 heteroatoms. The van der Waals surface area contributed by atoms with Gasteiger partial charge in [-0.25, -0.2) is 27.2 Å². The quantitative estimate of drug-likeness (QED) is 0.476. The zero-order valence-electron chi connectivity index (χ0n) is 18.7. The van der Waals surface area contributed by atoms with Crippen LogP contribution in [0, 0.1) is 18.3 Å². The Hall–Kier alpha value is -3.65. The van der Waals surface area contributed by atoms with Crippen molar-refractivity contribution < 1.29 is 21.9 Å². The van der Waals surface area contributed by atoms with Gasteiger partial charge in [0.05, 0.1) is 23.2 Å². The Kier molecular flexibility index (Phi) is 6.18. The van der Waals surface area contributed by atoms with Crippen molar-refractivity contribution in [3.05, 3.63) is 59.2 Å². The Labute approximate surface area is 195 Å². The van der Waals surface area contributed by atoms with Crippen molar-refractivity contribution in [1.82, 2.24) is 15.0 Å². The third-order valence-electron chi connectivity index (χ3n) is 5.43. The topological polar surface area (TPSA) is 109 Å². The van der Waals surface area contributed by atoms with E-state index < -0.39 is 16.4 Å². The van der Waals surface area contributed by atoms with Crippen LogP contribution in [0.5, 0.6) is 11.6 Å². The molecule has 0 bridgehead atoms. The summed E-state index contributed by atoms with van der Waals surface area (Å²) in [6, 6.07) is 7.99. The van der Waals surface area contributed by atoms with E-state index in [1.54, 1.807) is 19.1 Å². The van der Waals surface area contributed by atoms with E-state index in [2.05, 4.69) is 15.0 Å². The highest BCUT2D eigenvalue weighted by atomic mass is 32.2. The molecular formula is C23H21F2N5O3S. The van der Waals surface area contributed by atoms with Crippen molar-refractivity contribution in [3.63, 3.8) is 0 Å². The van der Waals surface area contributed by atoms with Crippen LogP contribution in [0.3, 0.4) is 0 Å². The molecule has 0 unspecified atom stereocenters. The van der Waals surface area contributed by atoms with Crippen molar-refractivity contribution in [2.24, 2.45) is 0 Å². The highest BCUT2D eigenvalue weighted by Gasteiger charge is 2.32. The predicted molar refractivity (Wildman–Crippen MR) is 121 cm³/mol. The molecule has 176 valence electrons. The van der Waals surface area contributed by atoms with Crippen molar-refractivity contribution >= 4 is 15.7 Å². The lowest BCUT2D eigenvalue weighted by atomic mass is 10.1. The molecule has 0 saturated heterocycles. The number of hydrogen-bond donors (Lipinski definition) is 0. The van der Waals surface area contributed by atoms with Gasteiger partial charge in [-0.2, -0.15) is 5.26 Å². The number of aryl methyl sites for hydroxylation is 1. The summed E-state index contributed by atoms with van der Waals surface area (Å²) in [5.41, 5.74) is 1.94. The number of aromatic nitrogens is 3. The molecule has 0 aromatic carbocycles. The lowest BCUT2D eigenvalue weighted by Crippen LogP contribution is -2.25. The molecule has 1 aliphatic carbocycles. The number of rotatable bonds is 7. The van der Waals surface area contributed by atoms with Crippen LogP contribution < -0.4 is 9.04 Å². The lowest BCUT2D eigenvalue weighted by molar-refractivity contribution is 0.145. The molecule has 0 atom stereocenters. The zero-order chi connectivity index (χ0) is 24.6. The molecule has 34 heavy (non-hydrogen) atoms. The number of nitriles is 1. The fourth-order valence-electron chi connectivity index (χ4n) is 3.41. The first-order chi connectivity index (χ1) is 16.1. The van der Waals surface area contributed by atoms with Crippen molar-refractivity contribution in [1.29, 1.82) is 5.26 Å². The number of hydrogen-bond acceptors (Lipinski definition) is 7. The summed E-state index contributed by atoms with van der Waals surface area (Å²) in [7, 11) is -2.29. The van der Waals surface area contributed by atoms with Gasteiger partial charge in [-0.05, 0) is 49.6 Å². The minimum absolute atomic E-state index is 0.0109. The first-order valence-corrected chi connectivity index (χ1v) is 12.2. The van der Waals surface area contributed by atoms with Gasteiger partial charge in [0, 0.05) is 30.9 Å². The number of nitrogens with zero attached hydrogens (tertiary/aromatic N) is 5. The highest BCUT2D eigenvalue weighted by molar-refractivity contribution is 7.92. The molecule has 1 fully saturated rings. The van der Waals surface area contributed by atoms with Crippen LogP contribution in [-0.2, 0) is 10.0 Å². The third kappa shape index (κ3) is 4.82. The minimum atomic E-state index is -3.66. The summed E-state index contributed by atoms with van der Waals surface area (Å²) in [6.07, 6.45) is 2.85. The summed E-state index contributed by atoms with van der Waals surface area (Å²) < 4.78 is 58.4. The van der Waals surface area contributed by atoms with E-state index in [4.69, 9.17) is 4.74 Å². The van der Waals surface area contributed by atoms with Crippen molar-refractivity contribution in [2.75, 3.05) is 17.6 Å². The van der Waals surface area contributed by atoms with Crippen LogP contribution in [0.1, 0.15) is 47.7 Å². The third-order valence-corrected chi connectivity index (χ3v) is 6.62. The van der Waals surface area contributed by atoms with Gasteiger partial charge in [-0.1, -0.05) is 0 Å². The van der Waals surface area contributed by atoms with E-state index >= 15 is 0 Å². The Bertz CT molecular complexity index is 1400. The maximum Gasteiger partial charge on any atom is 0.280 e. The van der Waals surface area contributed by atoms with Gasteiger partial charge in [-0.3, -0.25) is 9.29 Å². The van der Waals surface area contributed by atoms with Crippen molar-refractivity contribution in [2.45, 2.75) is 32.1 Å². The predicted octanol–water partition coefficient (Wildman–Crippen LogP) is 4.72. The summed E-state index contributed by atoms with van der Waals surface area (Å²) >= 11 is 0. The molecule has 4 rings (SSSR count). The second-order valence-electron chi connectivity index (χ2n) is 8.08. The molecule has 1 saturated carbocycles. The fraction of sp³-hybridized carbons (Fsp3) is 0.304.